The normalized spacial score (nSPS) is 24.6. The molecule has 3 nitrogen and oxygen atoms in total. The molecule has 2 atom stereocenters. The third-order valence-electron chi connectivity index (χ3n) is 5.84. The predicted molar refractivity (Wildman–Crippen MR) is 105 cm³/mol. The minimum absolute atomic E-state index is 0.576. The minimum Gasteiger partial charge on any atom is -0.366 e. The van der Waals surface area contributed by atoms with Gasteiger partial charge in [-0.25, -0.2) is 0 Å². The van der Waals surface area contributed by atoms with Crippen LogP contribution in [0.5, 0.6) is 0 Å². The molecule has 0 saturated carbocycles. The van der Waals surface area contributed by atoms with E-state index in [1.54, 1.807) is 0 Å². The molecule has 0 aliphatic carbocycles. The lowest BCUT2D eigenvalue weighted by Crippen LogP contribution is -2.45. The van der Waals surface area contributed by atoms with Gasteiger partial charge in [-0.1, -0.05) is 29.3 Å². The molecule has 3 aliphatic heterocycles. The quantitative estimate of drug-likeness (QED) is 0.789. The van der Waals surface area contributed by atoms with Crippen molar-refractivity contribution in [3.8, 4) is 11.1 Å². The molecule has 1 saturated heterocycles. The van der Waals surface area contributed by atoms with Crippen LogP contribution >= 0.6 is 23.2 Å². The molecule has 2 aromatic carbocycles. The molecule has 1 fully saturated rings. The minimum atomic E-state index is 0.576. The fourth-order valence-electron chi connectivity index (χ4n) is 4.77. The van der Waals surface area contributed by atoms with Crippen molar-refractivity contribution in [1.82, 2.24) is 10.6 Å². The maximum atomic E-state index is 6.50. The monoisotopic (exact) mass is 373 g/mol. The van der Waals surface area contributed by atoms with Crippen LogP contribution in [-0.2, 0) is 6.54 Å². The van der Waals surface area contributed by atoms with Gasteiger partial charge in [0.1, 0.15) is 0 Å². The molecule has 25 heavy (non-hydrogen) atoms. The summed E-state index contributed by atoms with van der Waals surface area (Å²) in [7, 11) is 0. The van der Waals surface area contributed by atoms with Gasteiger partial charge in [-0.05, 0) is 53.9 Å². The van der Waals surface area contributed by atoms with Crippen LogP contribution in [0, 0.1) is 0 Å². The van der Waals surface area contributed by atoms with Crippen LogP contribution in [-0.4, -0.2) is 32.2 Å². The summed E-state index contributed by atoms with van der Waals surface area (Å²) in [6.07, 6.45) is 1.22. The number of nitrogens with zero attached hydrogens (tertiary/aromatic N) is 1. The van der Waals surface area contributed by atoms with E-state index >= 15 is 0 Å². The molecule has 0 spiro atoms. The van der Waals surface area contributed by atoms with E-state index in [9.17, 15) is 0 Å². The van der Waals surface area contributed by atoms with Gasteiger partial charge in [0.2, 0.25) is 0 Å². The molecule has 5 heteroatoms. The van der Waals surface area contributed by atoms with Gasteiger partial charge in [-0.2, -0.15) is 0 Å². The molecular formula is C20H21Cl2N3. The van der Waals surface area contributed by atoms with E-state index < -0.39 is 0 Å². The van der Waals surface area contributed by atoms with Gasteiger partial charge >= 0.3 is 0 Å². The third-order valence-corrected chi connectivity index (χ3v) is 6.39. The van der Waals surface area contributed by atoms with Crippen LogP contribution < -0.4 is 15.5 Å². The zero-order valence-corrected chi connectivity index (χ0v) is 15.5. The van der Waals surface area contributed by atoms with E-state index in [0.717, 1.165) is 43.3 Å². The second-order valence-corrected chi connectivity index (χ2v) is 8.08. The first-order valence-corrected chi connectivity index (χ1v) is 9.78. The summed E-state index contributed by atoms with van der Waals surface area (Å²) in [5.41, 5.74) is 6.61. The lowest BCUT2D eigenvalue weighted by atomic mass is 9.87. The van der Waals surface area contributed by atoms with Crippen LogP contribution in [0.25, 0.3) is 11.1 Å². The number of nitrogens with one attached hydrogen (secondary N) is 2. The van der Waals surface area contributed by atoms with E-state index in [4.69, 9.17) is 23.2 Å². The maximum Gasteiger partial charge on any atom is 0.0499 e. The largest absolute Gasteiger partial charge is 0.366 e. The molecule has 3 aliphatic rings. The maximum absolute atomic E-state index is 6.50. The van der Waals surface area contributed by atoms with E-state index in [-0.39, 0.29) is 0 Å². The first-order valence-electron chi connectivity index (χ1n) is 9.03. The number of hydrogen-bond donors (Lipinski definition) is 2. The van der Waals surface area contributed by atoms with E-state index in [1.165, 1.54) is 28.8 Å². The number of piperidine rings is 1. The van der Waals surface area contributed by atoms with Crippen molar-refractivity contribution in [2.45, 2.75) is 24.9 Å². The Balaban J connectivity index is 1.69. The molecule has 0 bridgehead atoms. The zero-order chi connectivity index (χ0) is 17.0. The van der Waals surface area contributed by atoms with Crippen LogP contribution in [0.15, 0.2) is 30.3 Å². The summed E-state index contributed by atoms with van der Waals surface area (Å²) >= 11 is 12.6. The molecule has 2 aromatic rings. The fourth-order valence-corrected chi connectivity index (χ4v) is 5.28. The van der Waals surface area contributed by atoms with Gasteiger partial charge in [0.05, 0.1) is 0 Å². The number of benzene rings is 2. The number of halogens is 2. The zero-order valence-electron chi connectivity index (χ0n) is 14.0. The first kappa shape index (κ1) is 16.0. The standard InChI is InChI=1S/C20H21Cl2N3/c21-14-1-2-15(18(22)9-14)12-7-13-10-24-5-6-25-19-3-4-23-11-17(19)16(8-12)20(13)25/h1-2,7-9,17,19,23-24H,3-6,10-11H2. The van der Waals surface area contributed by atoms with E-state index in [2.05, 4.69) is 27.7 Å². The molecule has 0 amide bonds. The lowest BCUT2D eigenvalue weighted by Gasteiger charge is -2.33. The average Bonchev–Trinajstić information content (AvgIpc) is 2.77. The Morgan fingerprint density at radius 3 is 2.84 bits per heavy atom. The Bertz CT molecular complexity index is 836. The van der Waals surface area contributed by atoms with Crippen LogP contribution in [0.2, 0.25) is 10.0 Å². The van der Waals surface area contributed by atoms with Gasteiger partial charge in [-0.15, -0.1) is 0 Å². The Morgan fingerprint density at radius 2 is 1.96 bits per heavy atom. The predicted octanol–water partition coefficient (Wildman–Crippen LogP) is 4.03. The molecule has 130 valence electrons. The lowest BCUT2D eigenvalue weighted by molar-refractivity contribution is 0.402. The SMILES string of the molecule is Clc1ccc(-c2cc3c4c(c2)C2CNCCC2N4CCNC3)c(Cl)c1. The van der Waals surface area contributed by atoms with Crippen molar-refractivity contribution in [2.75, 3.05) is 31.1 Å². The summed E-state index contributed by atoms with van der Waals surface area (Å²) in [5, 5.41) is 8.57. The van der Waals surface area contributed by atoms with Crippen LogP contribution in [0.1, 0.15) is 23.5 Å². The van der Waals surface area contributed by atoms with Crippen molar-refractivity contribution in [1.29, 1.82) is 0 Å². The van der Waals surface area contributed by atoms with Crippen LogP contribution in [0.4, 0.5) is 5.69 Å². The Morgan fingerprint density at radius 1 is 1.04 bits per heavy atom. The molecule has 2 N–H and O–H groups in total. The summed E-state index contributed by atoms with van der Waals surface area (Å²) in [4.78, 5) is 2.66. The second kappa shape index (κ2) is 6.17. The van der Waals surface area contributed by atoms with Crippen molar-refractivity contribution >= 4 is 28.9 Å². The van der Waals surface area contributed by atoms with Gasteiger partial charge in [0.15, 0.2) is 0 Å². The molecular weight excluding hydrogens is 353 g/mol. The van der Waals surface area contributed by atoms with Crippen molar-refractivity contribution in [3.63, 3.8) is 0 Å². The topological polar surface area (TPSA) is 27.3 Å². The summed E-state index contributed by atoms with van der Waals surface area (Å²) in [6.45, 7) is 5.25. The molecule has 0 aromatic heterocycles. The molecule has 2 unspecified atom stereocenters. The highest BCUT2D eigenvalue weighted by Gasteiger charge is 2.41. The van der Waals surface area contributed by atoms with E-state index in [0.29, 0.717) is 17.0 Å². The number of rotatable bonds is 1. The smallest absolute Gasteiger partial charge is 0.0499 e. The third kappa shape index (κ3) is 2.57. The van der Waals surface area contributed by atoms with Gasteiger partial charge in [-0.3, -0.25) is 0 Å². The average molecular weight is 374 g/mol. The highest BCUT2D eigenvalue weighted by Crippen LogP contribution is 2.48. The summed E-state index contributed by atoms with van der Waals surface area (Å²) < 4.78 is 0. The first-order chi connectivity index (χ1) is 12.2. The Labute approximate surface area is 158 Å². The van der Waals surface area contributed by atoms with Crippen LogP contribution in [0.3, 0.4) is 0 Å². The number of fused-ring (bicyclic) bond motifs is 3. The van der Waals surface area contributed by atoms with Crippen molar-refractivity contribution in [2.24, 2.45) is 0 Å². The fraction of sp³-hybridized carbons (Fsp3) is 0.400. The Hall–Kier alpha value is -1.26. The van der Waals surface area contributed by atoms with Crippen molar-refractivity contribution in [3.05, 3.63) is 51.5 Å². The van der Waals surface area contributed by atoms with Crippen molar-refractivity contribution < 1.29 is 0 Å². The molecule has 0 radical (unpaired) electrons. The molecule has 5 rings (SSSR count). The number of anilines is 1. The summed E-state index contributed by atoms with van der Waals surface area (Å²) in [6, 6.07) is 11.1. The van der Waals surface area contributed by atoms with Gasteiger partial charge < -0.3 is 15.5 Å². The van der Waals surface area contributed by atoms with Gasteiger partial charge in [0, 0.05) is 59.4 Å². The van der Waals surface area contributed by atoms with Gasteiger partial charge in [0.25, 0.3) is 0 Å². The number of hydrogen-bond acceptors (Lipinski definition) is 3. The highest BCUT2D eigenvalue weighted by atomic mass is 35.5. The highest BCUT2D eigenvalue weighted by molar-refractivity contribution is 6.36. The Kier molecular flexibility index (Phi) is 3.94. The summed E-state index contributed by atoms with van der Waals surface area (Å²) in [5.74, 6) is 0.576. The van der Waals surface area contributed by atoms with E-state index in [1.807, 2.05) is 18.2 Å². The second-order valence-electron chi connectivity index (χ2n) is 7.23. The molecule has 3 heterocycles.